The van der Waals surface area contributed by atoms with E-state index in [1.54, 1.807) is 26.0 Å². The van der Waals surface area contributed by atoms with Gasteiger partial charge in [0.15, 0.2) is 0 Å². The fraction of sp³-hybridized carbons (Fsp3) is 0.500. The van der Waals surface area contributed by atoms with Crippen LogP contribution >= 0.6 is 0 Å². The minimum Gasteiger partial charge on any atom is -0.273 e. The van der Waals surface area contributed by atoms with Crippen LogP contribution in [0.1, 0.15) is 26.7 Å². The number of carbonyl (C=O) groups excluding carboxylic acids is 2. The van der Waals surface area contributed by atoms with Gasteiger partial charge in [0.05, 0.1) is 0 Å². The molecule has 0 aromatic heterocycles. The molecule has 90 valence electrons. The minimum absolute atomic E-state index is 0.187. The summed E-state index contributed by atoms with van der Waals surface area (Å²) in [6.45, 7) is 10.7. The third-order valence-corrected chi connectivity index (χ3v) is 2.24. The van der Waals surface area contributed by atoms with E-state index in [1.807, 2.05) is 0 Å². The highest BCUT2D eigenvalue weighted by molar-refractivity contribution is 5.84. The van der Waals surface area contributed by atoms with Crippen LogP contribution in [0, 0.1) is 11.8 Å². The van der Waals surface area contributed by atoms with Crippen LogP contribution in [-0.4, -0.2) is 11.8 Å². The average molecular weight is 224 g/mol. The lowest BCUT2D eigenvalue weighted by Crippen LogP contribution is -2.45. The molecule has 0 aliphatic rings. The van der Waals surface area contributed by atoms with Gasteiger partial charge in [-0.3, -0.25) is 20.4 Å². The molecule has 0 spiro atoms. The Balaban J connectivity index is 3.95. The van der Waals surface area contributed by atoms with Crippen LogP contribution in [0.5, 0.6) is 0 Å². The van der Waals surface area contributed by atoms with E-state index < -0.39 is 0 Å². The largest absolute Gasteiger partial charge is 0.273 e. The van der Waals surface area contributed by atoms with Crippen LogP contribution in [-0.2, 0) is 9.59 Å². The second-order valence-corrected chi connectivity index (χ2v) is 3.83. The lowest BCUT2D eigenvalue weighted by Gasteiger charge is -2.13. The monoisotopic (exact) mass is 224 g/mol. The number of amides is 2. The van der Waals surface area contributed by atoms with Gasteiger partial charge in [-0.2, -0.15) is 0 Å². The zero-order chi connectivity index (χ0) is 12.6. The maximum atomic E-state index is 11.4. The number of rotatable bonds is 6. The van der Waals surface area contributed by atoms with E-state index in [4.69, 9.17) is 0 Å². The lowest BCUT2D eigenvalue weighted by atomic mass is 10.1. The summed E-state index contributed by atoms with van der Waals surface area (Å²) in [6, 6.07) is 0. The highest BCUT2D eigenvalue weighted by Crippen LogP contribution is 2.02. The summed E-state index contributed by atoms with van der Waals surface area (Å²) in [6.07, 6.45) is 4.52. The van der Waals surface area contributed by atoms with Crippen molar-refractivity contribution in [1.82, 2.24) is 10.9 Å². The predicted octanol–water partition coefficient (Wildman–Crippen LogP) is 1.56. The summed E-state index contributed by atoms with van der Waals surface area (Å²) < 4.78 is 0. The Morgan fingerprint density at radius 3 is 1.56 bits per heavy atom. The molecule has 0 bridgehead atoms. The SMILES string of the molecule is C=CCC(C)C(=O)NNC(=O)C(C)CC=C. The van der Waals surface area contributed by atoms with Gasteiger partial charge in [0.1, 0.15) is 0 Å². The summed E-state index contributed by atoms with van der Waals surface area (Å²) in [7, 11) is 0. The second-order valence-electron chi connectivity index (χ2n) is 3.83. The third-order valence-electron chi connectivity index (χ3n) is 2.24. The maximum Gasteiger partial charge on any atom is 0.241 e. The summed E-state index contributed by atoms with van der Waals surface area (Å²) in [5, 5.41) is 0. The quantitative estimate of drug-likeness (QED) is 0.531. The Morgan fingerprint density at radius 1 is 1.00 bits per heavy atom. The van der Waals surface area contributed by atoms with Crippen molar-refractivity contribution in [2.75, 3.05) is 0 Å². The van der Waals surface area contributed by atoms with Crippen LogP contribution in [0.25, 0.3) is 0 Å². The summed E-state index contributed by atoms with van der Waals surface area (Å²) in [5.74, 6) is -0.793. The number of nitrogens with one attached hydrogen (secondary N) is 2. The van der Waals surface area contributed by atoms with E-state index in [0.29, 0.717) is 12.8 Å². The molecule has 0 aromatic carbocycles. The molecule has 4 heteroatoms. The lowest BCUT2D eigenvalue weighted by molar-refractivity contribution is -0.132. The molecule has 0 radical (unpaired) electrons. The van der Waals surface area contributed by atoms with Gasteiger partial charge in [-0.05, 0) is 12.8 Å². The van der Waals surface area contributed by atoms with Crippen LogP contribution in [0.4, 0.5) is 0 Å². The van der Waals surface area contributed by atoms with Gasteiger partial charge in [-0.25, -0.2) is 0 Å². The smallest absolute Gasteiger partial charge is 0.241 e. The van der Waals surface area contributed by atoms with Crippen molar-refractivity contribution in [3.05, 3.63) is 25.3 Å². The number of allylic oxidation sites excluding steroid dienone is 2. The Morgan fingerprint density at radius 2 is 1.31 bits per heavy atom. The molecule has 0 fully saturated rings. The number of hydrazine groups is 1. The highest BCUT2D eigenvalue weighted by atomic mass is 16.2. The highest BCUT2D eigenvalue weighted by Gasteiger charge is 2.14. The predicted molar refractivity (Wildman–Crippen MR) is 64.2 cm³/mol. The number of carbonyl (C=O) groups is 2. The molecule has 0 aromatic rings. The first-order chi connectivity index (χ1) is 7.52. The Kier molecular flexibility index (Phi) is 6.92. The molecule has 16 heavy (non-hydrogen) atoms. The molecule has 0 rings (SSSR count). The topological polar surface area (TPSA) is 58.2 Å². The molecule has 0 saturated heterocycles. The molecule has 0 aliphatic heterocycles. The Hall–Kier alpha value is -1.58. The molecule has 0 saturated carbocycles. The van der Waals surface area contributed by atoms with Crippen LogP contribution in [0.15, 0.2) is 25.3 Å². The standard InChI is InChI=1S/C12H20N2O2/c1-5-7-9(3)11(15)13-14-12(16)10(4)8-6-2/h5-6,9-10H,1-2,7-8H2,3-4H3,(H,13,15)(H,14,16). The van der Waals surface area contributed by atoms with Crippen molar-refractivity contribution in [1.29, 1.82) is 0 Å². The molecule has 2 unspecified atom stereocenters. The van der Waals surface area contributed by atoms with Gasteiger partial charge in [-0.1, -0.05) is 26.0 Å². The number of hydrogen-bond acceptors (Lipinski definition) is 2. The van der Waals surface area contributed by atoms with Crippen LogP contribution in [0.2, 0.25) is 0 Å². The van der Waals surface area contributed by atoms with E-state index in [9.17, 15) is 9.59 Å². The van der Waals surface area contributed by atoms with Crippen molar-refractivity contribution in [3.63, 3.8) is 0 Å². The van der Waals surface area contributed by atoms with Crippen molar-refractivity contribution >= 4 is 11.8 Å². The van der Waals surface area contributed by atoms with Crippen LogP contribution in [0.3, 0.4) is 0 Å². The maximum absolute atomic E-state index is 11.4. The molecular weight excluding hydrogens is 204 g/mol. The number of hydrogen-bond donors (Lipinski definition) is 2. The Labute approximate surface area is 96.8 Å². The molecule has 2 atom stereocenters. The van der Waals surface area contributed by atoms with Crippen LogP contribution < -0.4 is 10.9 Å². The van der Waals surface area contributed by atoms with E-state index in [0.717, 1.165) is 0 Å². The zero-order valence-corrected chi connectivity index (χ0v) is 9.95. The average Bonchev–Trinajstić information content (AvgIpc) is 2.25. The van der Waals surface area contributed by atoms with E-state index in [1.165, 1.54) is 0 Å². The van der Waals surface area contributed by atoms with Gasteiger partial charge >= 0.3 is 0 Å². The molecule has 0 heterocycles. The molecule has 2 N–H and O–H groups in total. The summed E-state index contributed by atoms with van der Waals surface area (Å²) in [4.78, 5) is 22.8. The minimum atomic E-state index is -0.209. The zero-order valence-electron chi connectivity index (χ0n) is 9.95. The van der Waals surface area contributed by atoms with Gasteiger partial charge in [0.25, 0.3) is 0 Å². The summed E-state index contributed by atoms with van der Waals surface area (Å²) in [5.41, 5.74) is 4.77. The van der Waals surface area contributed by atoms with Crippen molar-refractivity contribution in [2.45, 2.75) is 26.7 Å². The van der Waals surface area contributed by atoms with Gasteiger partial charge in [0.2, 0.25) is 11.8 Å². The Bertz CT molecular complexity index is 246. The second kappa shape index (κ2) is 7.68. The first-order valence-electron chi connectivity index (χ1n) is 5.34. The van der Waals surface area contributed by atoms with Crippen molar-refractivity contribution in [2.24, 2.45) is 11.8 Å². The fourth-order valence-electron chi connectivity index (χ4n) is 1.08. The van der Waals surface area contributed by atoms with Crippen molar-refractivity contribution in [3.8, 4) is 0 Å². The van der Waals surface area contributed by atoms with E-state index in [-0.39, 0.29) is 23.7 Å². The third kappa shape index (κ3) is 5.34. The van der Waals surface area contributed by atoms with E-state index >= 15 is 0 Å². The first-order valence-corrected chi connectivity index (χ1v) is 5.34. The van der Waals surface area contributed by atoms with Gasteiger partial charge < -0.3 is 0 Å². The van der Waals surface area contributed by atoms with E-state index in [2.05, 4.69) is 24.0 Å². The molecular formula is C12H20N2O2. The molecule has 4 nitrogen and oxygen atoms in total. The fourth-order valence-corrected chi connectivity index (χ4v) is 1.08. The first kappa shape index (κ1) is 14.4. The molecule has 2 amide bonds. The summed E-state index contributed by atoms with van der Waals surface area (Å²) >= 11 is 0. The molecule has 0 aliphatic carbocycles. The van der Waals surface area contributed by atoms with Gasteiger partial charge in [-0.15, -0.1) is 13.2 Å². The van der Waals surface area contributed by atoms with Crippen molar-refractivity contribution < 1.29 is 9.59 Å². The normalized spacial score (nSPS) is 13.4. The van der Waals surface area contributed by atoms with Gasteiger partial charge in [0, 0.05) is 11.8 Å².